The molecule has 1 amide bonds. The highest BCUT2D eigenvalue weighted by atomic mass is 35.5. The molecule has 0 bridgehead atoms. The third-order valence-corrected chi connectivity index (χ3v) is 4.62. The molecule has 3 aromatic carbocycles. The number of carbonyl (C=O) groups excluding carboxylic acids is 1. The van der Waals surface area contributed by atoms with Crippen LogP contribution in [0.25, 0.3) is 11.1 Å². The fourth-order valence-electron chi connectivity index (χ4n) is 2.93. The number of nitrogens with one attached hydrogen (secondary N) is 1. The summed E-state index contributed by atoms with van der Waals surface area (Å²) < 4.78 is 0. The highest BCUT2D eigenvalue weighted by Crippen LogP contribution is 2.30. The second kappa shape index (κ2) is 8.35. The van der Waals surface area contributed by atoms with Crippen molar-refractivity contribution in [1.82, 2.24) is 0 Å². The van der Waals surface area contributed by atoms with Gasteiger partial charge in [-0.05, 0) is 46.5 Å². The Hall–Kier alpha value is -2.66. The van der Waals surface area contributed by atoms with Crippen LogP contribution in [0.2, 0.25) is 5.02 Å². The van der Waals surface area contributed by atoms with Crippen LogP contribution in [0.4, 0.5) is 5.69 Å². The number of hydrogen-bond acceptors (Lipinski definition) is 3. The van der Waals surface area contributed by atoms with Gasteiger partial charge in [0.15, 0.2) is 0 Å². The summed E-state index contributed by atoms with van der Waals surface area (Å²) in [5.74, 6) is -0.109. The van der Waals surface area contributed by atoms with Gasteiger partial charge in [-0.15, -0.1) is 0 Å². The van der Waals surface area contributed by atoms with Crippen molar-refractivity contribution < 1.29 is 9.90 Å². The molecule has 3 aromatic rings. The normalized spacial score (nSPS) is 13.0. The lowest BCUT2D eigenvalue weighted by Gasteiger charge is -2.20. The van der Waals surface area contributed by atoms with Gasteiger partial charge in [-0.3, -0.25) is 4.79 Å². The zero-order valence-corrected chi connectivity index (χ0v) is 15.6. The van der Waals surface area contributed by atoms with Gasteiger partial charge in [0.25, 0.3) is 0 Å². The quantitative estimate of drug-likeness (QED) is 0.600. The van der Waals surface area contributed by atoms with E-state index in [0.717, 1.165) is 27.9 Å². The largest absolute Gasteiger partial charge is 0.386 e. The van der Waals surface area contributed by atoms with Crippen molar-refractivity contribution in [2.75, 3.05) is 5.32 Å². The number of anilines is 1. The highest BCUT2D eigenvalue weighted by molar-refractivity contribution is 6.30. The van der Waals surface area contributed by atoms with Crippen molar-refractivity contribution in [3.63, 3.8) is 0 Å². The summed E-state index contributed by atoms with van der Waals surface area (Å²) in [6.07, 6.45) is -0.828. The third kappa shape index (κ3) is 4.74. The number of benzene rings is 3. The molecular formula is C22H21ClN2O2. The molecule has 5 heteroatoms. The highest BCUT2D eigenvalue weighted by Gasteiger charge is 2.18. The number of aliphatic hydroxyl groups is 1. The van der Waals surface area contributed by atoms with E-state index < -0.39 is 12.1 Å². The summed E-state index contributed by atoms with van der Waals surface area (Å²) in [7, 11) is 0. The Morgan fingerprint density at radius 1 is 0.963 bits per heavy atom. The molecule has 0 saturated carbocycles. The Kier molecular flexibility index (Phi) is 5.91. The summed E-state index contributed by atoms with van der Waals surface area (Å²) >= 11 is 5.90. The van der Waals surface area contributed by atoms with Gasteiger partial charge >= 0.3 is 0 Å². The summed E-state index contributed by atoms with van der Waals surface area (Å²) in [5.41, 5.74) is 10.5. The van der Waals surface area contributed by atoms with Crippen molar-refractivity contribution in [1.29, 1.82) is 0 Å². The molecule has 0 fully saturated rings. The lowest BCUT2D eigenvalue weighted by atomic mass is 9.95. The van der Waals surface area contributed by atoms with Crippen LogP contribution < -0.4 is 11.1 Å². The standard InChI is InChI=1S/C22H21ClN2O2/c1-14(26)25-20-4-2-3-18(13-20)15-5-7-17(8-6-15)22(27)21(24)16-9-11-19(23)12-10-16/h2-13,21-22,27H,24H2,1H3,(H,25,26)/t21-,22+/m0/s1. The summed E-state index contributed by atoms with van der Waals surface area (Å²) in [6.45, 7) is 1.48. The van der Waals surface area contributed by atoms with Gasteiger partial charge in [0, 0.05) is 17.6 Å². The molecule has 138 valence electrons. The fraction of sp³-hybridized carbons (Fsp3) is 0.136. The lowest BCUT2D eigenvalue weighted by molar-refractivity contribution is -0.114. The monoisotopic (exact) mass is 380 g/mol. The first-order chi connectivity index (χ1) is 12.9. The fourth-order valence-corrected chi connectivity index (χ4v) is 3.05. The van der Waals surface area contributed by atoms with E-state index in [1.807, 2.05) is 60.7 Å². The maximum absolute atomic E-state index is 11.2. The summed E-state index contributed by atoms with van der Waals surface area (Å²) in [6, 6.07) is 21.8. The van der Waals surface area contributed by atoms with Crippen LogP contribution in [0.15, 0.2) is 72.8 Å². The van der Waals surface area contributed by atoms with E-state index in [9.17, 15) is 9.90 Å². The molecule has 0 unspecified atom stereocenters. The number of carbonyl (C=O) groups is 1. The van der Waals surface area contributed by atoms with Crippen LogP contribution in [0.5, 0.6) is 0 Å². The van der Waals surface area contributed by atoms with Crippen molar-refractivity contribution >= 4 is 23.2 Å². The number of halogens is 1. The lowest BCUT2D eigenvalue weighted by Crippen LogP contribution is -2.19. The first-order valence-electron chi connectivity index (χ1n) is 8.61. The van der Waals surface area contributed by atoms with Crippen molar-refractivity contribution in [3.8, 4) is 11.1 Å². The zero-order valence-electron chi connectivity index (χ0n) is 14.9. The minimum Gasteiger partial charge on any atom is -0.386 e. The molecule has 0 heterocycles. The number of rotatable bonds is 5. The van der Waals surface area contributed by atoms with Crippen LogP contribution in [0.1, 0.15) is 30.2 Å². The Morgan fingerprint density at radius 3 is 2.22 bits per heavy atom. The predicted octanol–water partition coefficient (Wildman–Crippen LogP) is 4.70. The van der Waals surface area contributed by atoms with Crippen LogP contribution in [0, 0.1) is 0 Å². The molecule has 0 saturated heterocycles. The molecule has 3 rings (SSSR count). The van der Waals surface area contributed by atoms with Crippen LogP contribution >= 0.6 is 11.6 Å². The van der Waals surface area contributed by atoms with Crippen LogP contribution in [0.3, 0.4) is 0 Å². The third-order valence-electron chi connectivity index (χ3n) is 4.36. The van der Waals surface area contributed by atoms with Gasteiger partial charge in [0.2, 0.25) is 5.91 Å². The van der Waals surface area contributed by atoms with Gasteiger partial charge in [-0.1, -0.05) is 60.1 Å². The number of hydrogen-bond donors (Lipinski definition) is 3. The van der Waals surface area contributed by atoms with Crippen molar-refractivity contribution in [3.05, 3.63) is 88.9 Å². The van der Waals surface area contributed by atoms with Crippen molar-refractivity contribution in [2.45, 2.75) is 19.1 Å². The van der Waals surface area contributed by atoms with E-state index in [0.29, 0.717) is 5.02 Å². The second-order valence-corrected chi connectivity index (χ2v) is 6.84. The maximum Gasteiger partial charge on any atom is 0.221 e. The minimum atomic E-state index is -0.828. The van der Waals surface area contributed by atoms with Crippen LogP contribution in [-0.2, 0) is 4.79 Å². The predicted molar refractivity (Wildman–Crippen MR) is 110 cm³/mol. The SMILES string of the molecule is CC(=O)Nc1cccc(-c2ccc([C@@H](O)[C@@H](N)c3ccc(Cl)cc3)cc2)c1. The molecule has 4 nitrogen and oxygen atoms in total. The topological polar surface area (TPSA) is 75.3 Å². The van der Waals surface area contributed by atoms with E-state index in [-0.39, 0.29) is 5.91 Å². The first-order valence-corrected chi connectivity index (χ1v) is 8.99. The summed E-state index contributed by atoms with van der Waals surface area (Å²) in [4.78, 5) is 11.2. The van der Waals surface area contributed by atoms with Crippen LogP contribution in [-0.4, -0.2) is 11.0 Å². The van der Waals surface area contributed by atoms with Gasteiger partial charge in [0.05, 0.1) is 12.1 Å². The number of aliphatic hydroxyl groups excluding tert-OH is 1. The van der Waals surface area contributed by atoms with E-state index in [1.54, 1.807) is 12.1 Å². The Labute approximate surface area is 163 Å². The molecule has 0 aromatic heterocycles. The Morgan fingerprint density at radius 2 is 1.59 bits per heavy atom. The molecule has 0 aliphatic carbocycles. The van der Waals surface area contributed by atoms with E-state index in [2.05, 4.69) is 5.32 Å². The summed E-state index contributed by atoms with van der Waals surface area (Å²) in [5, 5.41) is 14.0. The number of amides is 1. The molecule has 2 atom stereocenters. The molecular weight excluding hydrogens is 360 g/mol. The van der Waals surface area contributed by atoms with Gasteiger partial charge in [0.1, 0.15) is 0 Å². The maximum atomic E-state index is 11.2. The second-order valence-electron chi connectivity index (χ2n) is 6.41. The van der Waals surface area contributed by atoms with Gasteiger partial charge in [-0.25, -0.2) is 0 Å². The van der Waals surface area contributed by atoms with E-state index >= 15 is 0 Å². The molecule has 27 heavy (non-hydrogen) atoms. The Bertz CT molecular complexity index is 924. The Balaban J connectivity index is 1.78. The average Bonchev–Trinajstić information content (AvgIpc) is 2.67. The number of nitrogens with two attached hydrogens (primary N) is 1. The van der Waals surface area contributed by atoms with Crippen molar-refractivity contribution in [2.24, 2.45) is 5.73 Å². The molecule has 0 aliphatic heterocycles. The van der Waals surface area contributed by atoms with E-state index in [4.69, 9.17) is 17.3 Å². The molecule has 4 N–H and O–H groups in total. The zero-order chi connectivity index (χ0) is 19.4. The van der Waals surface area contributed by atoms with Gasteiger partial charge in [-0.2, -0.15) is 0 Å². The first kappa shape index (κ1) is 19.1. The average molecular weight is 381 g/mol. The van der Waals surface area contributed by atoms with E-state index in [1.165, 1.54) is 6.92 Å². The smallest absolute Gasteiger partial charge is 0.221 e. The minimum absolute atomic E-state index is 0.109. The molecule has 0 aliphatic rings. The van der Waals surface area contributed by atoms with Gasteiger partial charge < -0.3 is 16.2 Å². The molecule has 0 radical (unpaired) electrons. The molecule has 0 spiro atoms.